The summed E-state index contributed by atoms with van der Waals surface area (Å²) in [5, 5.41) is 8.52. The molecule has 6 rings (SSSR count). The van der Waals surface area contributed by atoms with Crippen LogP contribution in [0.1, 0.15) is 88.3 Å². The van der Waals surface area contributed by atoms with Gasteiger partial charge in [0.25, 0.3) is 0 Å². The van der Waals surface area contributed by atoms with Crippen LogP contribution in [0, 0.1) is 11.8 Å². The Morgan fingerprint density at radius 3 is 2.29 bits per heavy atom. The van der Waals surface area contributed by atoms with Crippen LogP contribution in [0.2, 0.25) is 0 Å². The van der Waals surface area contributed by atoms with Gasteiger partial charge in [0.2, 0.25) is 17.7 Å². The van der Waals surface area contributed by atoms with Crippen molar-refractivity contribution in [3.63, 3.8) is 0 Å². The normalized spacial score (nSPS) is 20.1. The highest BCUT2D eigenvalue weighted by molar-refractivity contribution is 5.92. The molecule has 5 amide bonds. The molecule has 3 aromatic rings. The predicted molar refractivity (Wildman–Crippen MR) is 205 cm³/mol. The first-order valence-corrected chi connectivity index (χ1v) is 19.3. The van der Waals surface area contributed by atoms with E-state index in [-0.39, 0.29) is 41.6 Å². The van der Waals surface area contributed by atoms with Crippen LogP contribution in [0.3, 0.4) is 0 Å². The number of carbonyl (C=O) groups is 5. The summed E-state index contributed by atoms with van der Waals surface area (Å²) in [5.74, 6) is 0.186. The fraction of sp³-hybridized carbons (Fsp3) is 0.512. The molecular weight excluding hydrogens is 702 g/mol. The minimum absolute atomic E-state index is 0.0269. The molecule has 0 spiro atoms. The van der Waals surface area contributed by atoms with Crippen LogP contribution in [0.15, 0.2) is 48.7 Å². The van der Waals surface area contributed by atoms with Gasteiger partial charge in [0.15, 0.2) is 0 Å². The van der Waals surface area contributed by atoms with Crippen molar-refractivity contribution in [3.05, 3.63) is 65.6 Å². The second-order valence-electron chi connectivity index (χ2n) is 15.2. The zero-order valence-electron chi connectivity index (χ0n) is 32.4. The van der Waals surface area contributed by atoms with Gasteiger partial charge in [0.1, 0.15) is 17.9 Å². The summed E-state index contributed by atoms with van der Waals surface area (Å²) in [7, 11) is 2.58. The number of likely N-dealkylation sites (tertiary alicyclic amines) is 2. The summed E-state index contributed by atoms with van der Waals surface area (Å²) in [5.41, 5.74) is 6.31. The highest BCUT2D eigenvalue weighted by Gasteiger charge is 2.40. The maximum atomic E-state index is 13.6. The number of amides is 5. The number of nitrogens with zero attached hydrogens (tertiary/aromatic N) is 3. The minimum atomic E-state index is -0.775. The number of carbonyl (C=O) groups excluding carboxylic acids is 5. The van der Waals surface area contributed by atoms with E-state index in [2.05, 4.69) is 73.1 Å². The van der Waals surface area contributed by atoms with Crippen LogP contribution in [0.4, 0.5) is 9.59 Å². The molecule has 2 aromatic carbocycles. The number of hydrogen-bond donors (Lipinski definition) is 4. The molecule has 14 nitrogen and oxygen atoms in total. The van der Waals surface area contributed by atoms with Crippen molar-refractivity contribution in [2.24, 2.45) is 11.8 Å². The molecule has 1 aliphatic carbocycles. The number of benzene rings is 2. The van der Waals surface area contributed by atoms with Crippen LogP contribution < -0.4 is 16.0 Å². The summed E-state index contributed by atoms with van der Waals surface area (Å²) < 4.78 is 9.35. The Kier molecular flexibility index (Phi) is 12.4. The SMILES string of the molecule is COC(=O)NCC(C)CC(=O)N1CCCC1c1ncc(-c2ccc(-c3ccc4c(c3)CCC4NC(=O)C3CCCN3C(=O)C(NC(=O)OC)C(C)C)cc2)[nH]1. The minimum Gasteiger partial charge on any atom is -0.453 e. The maximum Gasteiger partial charge on any atom is 0.407 e. The van der Waals surface area contributed by atoms with Crippen molar-refractivity contribution in [2.75, 3.05) is 33.9 Å². The second-order valence-corrected chi connectivity index (χ2v) is 15.2. The third kappa shape index (κ3) is 8.95. The van der Waals surface area contributed by atoms with Crippen molar-refractivity contribution >= 4 is 29.9 Å². The Morgan fingerprint density at radius 1 is 0.873 bits per heavy atom. The van der Waals surface area contributed by atoms with E-state index in [1.54, 1.807) is 4.90 Å². The smallest absolute Gasteiger partial charge is 0.407 e. The molecule has 2 saturated heterocycles. The number of alkyl carbamates (subject to hydrolysis) is 2. The van der Waals surface area contributed by atoms with Crippen LogP contribution in [-0.4, -0.2) is 95.6 Å². The van der Waals surface area contributed by atoms with Crippen LogP contribution >= 0.6 is 0 Å². The van der Waals surface area contributed by atoms with Gasteiger partial charge in [-0.05, 0) is 78.2 Å². The van der Waals surface area contributed by atoms with Gasteiger partial charge in [-0.3, -0.25) is 14.4 Å². The third-order valence-electron chi connectivity index (χ3n) is 11.1. The van der Waals surface area contributed by atoms with Crippen LogP contribution in [0.25, 0.3) is 22.4 Å². The van der Waals surface area contributed by atoms with Crippen molar-refractivity contribution in [3.8, 4) is 22.4 Å². The van der Waals surface area contributed by atoms with Gasteiger partial charge in [-0.1, -0.05) is 63.2 Å². The maximum absolute atomic E-state index is 13.6. The van der Waals surface area contributed by atoms with Gasteiger partial charge < -0.3 is 40.2 Å². The lowest BCUT2D eigenvalue weighted by atomic mass is 9.98. The number of methoxy groups -OCH3 is 2. The van der Waals surface area contributed by atoms with Crippen LogP contribution in [-0.2, 0) is 30.3 Å². The summed E-state index contributed by atoms with van der Waals surface area (Å²) in [6, 6.07) is 13.1. The Hall–Kier alpha value is -5.40. The summed E-state index contributed by atoms with van der Waals surface area (Å²) in [6.45, 7) is 7.15. The van der Waals surface area contributed by atoms with E-state index in [0.29, 0.717) is 32.5 Å². The molecular formula is C41H53N7O7. The monoisotopic (exact) mass is 755 g/mol. The lowest BCUT2D eigenvalue weighted by Gasteiger charge is -2.30. The molecule has 55 heavy (non-hydrogen) atoms. The van der Waals surface area contributed by atoms with E-state index < -0.39 is 24.3 Å². The molecule has 14 heteroatoms. The van der Waals surface area contributed by atoms with Gasteiger partial charge in [-0.2, -0.15) is 0 Å². The number of aromatic amines is 1. The first-order chi connectivity index (χ1) is 26.5. The van der Waals surface area contributed by atoms with Crippen molar-refractivity contribution in [1.29, 1.82) is 0 Å². The number of H-pyrrole nitrogens is 1. The summed E-state index contributed by atoms with van der Waals surface area (Å²) >= 11 is 0. The number of hydrogen-bond acceptors (Lipinski definition) is 8. The highest BCUT2D eigenvalue weighted by atomic mass is 16.5. The average molecular weight is 756 g/mol. The molecule has 5 unspecified atom stereocenters. The molecule has 0 bridgehead atoms. The largest absolute Gasteiger partial charge is 0.453 e. The molecule has 3 aliphatic rings. The third-order valence-corrected chi connectivity index (χ3v) is 11.1. The Morgan fingerprint density at radius 2 is 1.56 bits per heavy atom. The van der Waals surface area contributed by atoms with E-state index in [1.165, 1.54) is 19.8 Å². The number of nitrogens with one attached hydrogen (secondary N) is 4. The van der Waals surface area contributed by atoms with Gasteiger partial charge in [-0.15, -0.1) is 0 Å². The quantitative estimate of drug-likeness (QED) is 0.194. The number of aromatic nitrogens is 2. The number of imidazole rings is 1. The number of ether oxygens (including phenoxy) is 2. The number of rotatable bonds is 12. The Balaban J connectivity index is 1.06. The standard InChI is InChI=1S/C41H53N7O7/c1-24(2)36(46-41(53)55-5)39(51)48-19-7-9-34(48)38(50)45-31-17-15-29-21-28(14-16-30(29)31)26-10-12-27(13-11-26)32-23-42-37(44-32)33-8-6-18-47(33)35(49)20-25(3)22-43-40(52)54-4/h10-14,16,21,23-25,31,33-34,36H,6-9,15,17-20,22H2,1-5H3,(H,42,44)(H,43,52)(H,45,50)(H,46,53). The second kappa shape index (κ2) is 17.4. The van der Waals surface area contributed by atoms with Crippen LogP contribution in [0.5, 0.6) is 0 Å². The molecule has 2 aliphatic heterocycles. The zero-order valence-corrected chi connectivity index (χ0v) is 32.4. The lowest BCUT2D eigenvalue weighted by molar-refractivity contribution is -0.141. The first kappa shape index (κ1) is 39.3. The fourth-order valence-corrected chi connectivity index (χ4v) is 8.06. The molecule has 1 aromatic heterocycles. The van der Waals surface area contributed by atoms with E-state index >= 15 is 0 Å². The van der Waals surface area contributed by atoms with Crippen molar-refractivity contribution in [2.45, 2.75) is 89.9 Å². The number of fused-ring (bicyclic) bond motifs is 1. The molecule has 0 saturated carbocycles. The predicted octanol–water partition coefficient (Wildman–Crippen LogP) is 5.26. The Bertz CT molecular complexity index is 1880. The number of aryl methyl sites for hydroxylation is 1. The molecule has 4 N–H and O–H groups in total. The van der Waals surface area contributed by atoms with Crippen molar-refractivity contribution < 1.29 is 33.4 Å². The summed E-state index contributed by atoms with van der Waals surface area (Å²) in [4.78, 5) is 75.2. The molecule has 3 heterocycles. The zero-order chi connectivity index (χ0) is 39.2. The van der Waals surface area contributed by atoms with Crippen molar-refractivity contribution in [1.82, 2.24) is 35.7 Å². The topological polar surface area (TPSA) is 175 Å². The average Bonchev–Trinajstić information content (AvgIpc) is 4.02. The van der Waals surface area contributed by atoms with Gasteiger partial charge >= 0.3 is 12.2 Å². The highest BCUT2D eigenvalue weighted by Crippen LogP contribution is 2.36. The Labute approximate surface area is 322 Å². The fourth-order valence-electron chi connectivity index (χ4n) is 8.06. The van der Waals surface area contributed by atoms with E-state index in [4.69, 9.17) is 4.74 Å². The van der Waals surface area contributed by atoms with Gasteiger partial charge in [0, 0.05) is 26.1 Å². The molecule has 294 valence electrons. The van der Waals surface area contributed by atoms with E-state index in [1.807, 2.05) is 31.9 Å². The van der Waals surface area contributed by atoms with E-state index in [9.17, 15) is 24.0 Å². The van der Waals surface area contributed by atoms with Gasteiger partial charge in [0.05, 0.1) is 38.2 Å². The van der Waals surface area contributed by atoms with E-state index in [0.717, 1.165) is 65.9 Å². The molecule has 0 radical (unpaired) electrons. The molecule has 2 fully saturated rings. The molecule has 5 atom stereocenters. The summed E-state index contributed by atoms with van der Waals surface area (Å²) in [6.07, 6.45) is 5.62. The first-order valence-electron chi connectivity index (χ1n) is 19.3. The van der Waals surface area contributed by atoms with Gasteiger partial charge in [-0.25, -0.2) is 14.6 Å². The lowest BCUT2D eigenvalue weighted by Crippen LogP contribution is -2.55.